The molecule has 3 aromatic rings. The fraction of sp³-hybridized carbons (Fsp3) is 0.125. The summed E-state index contributed by atoms with van der Waals surface area (Å²) in [5, 5.41) is 2.84. The highest BCUT2D eigenvalue weighted by molar-refractivity contribution is 9.10. The fourth-order valence-corrected chi connectivity index (χ4v) is 4.85. The SMILES string of the molecule is COc1ccc(C=C2Sc3ccccc3N(CC(=O)NCc3ccccn3)C2=O)cc1Br. The van der Waals surface area contributed by atoms with Gasteiger partial charge < -0.3 is 10.1 Å². The molecule has 1 aliphatic rings. The van der Waals surface area contributed by atoms with E-state index in [1.807, 2.05) is 66.7 Å². The molecule has 6 nitrogen and oxygen atoms in total. The van der Waals surface area contributed by atoms with Crippen molar-refractivity contribution in [3.05, 3.63) is 87.5 Å². The van der Waals surface area contributed by atoms with E-state index in [1.54, 1.807) is 13.3 Å². The molecule has 8 heteroatoms. The lowest BCUT2D eigenvalue weighted by molar-refractivity contribution is -0.122. The molecule has 0 saturated heterocycles. The maximum Gasteiger partial charge on any atom is 0.265 e. The molecule has 32 heavy (non-hydrogen) atoms. The molecule has 0 aliphatic carbocycles. The van der Waals surface area contributed by atoms with Crippen molar-refractivity contribution in [1.82, 2.24) is 10.3 Å². The molecule has 2 heterocycles. The lowest BCUT2D eigenvalue weighted by Crippen LogP contribution is -2.42. The number of anilines is 1. The Morgan fingerprint density at radius 2 is 2.00 bits per heavy atom. The molecule has 1 aliphatic heterocycles. The lowest BCUT2D eigenvalue weighted by Gasteiger charge is -2.29. The van der Waals surface area contributed by atoms with E-state index in [0.717, 1.165) is 26.3 Å². The van der Waals surface area contributed by atoms with Crippen molar-refractivity contribution < 1.29 is 14.3 Å². The van der Waals surface area contributed by atoms with Crippen molar-refractivity contribution >= 4 is 51.3 Å². The van der Waals surface area contributed by atoms with Gasteiger partial charge in [0, 0.05) is 11.1 Å². The van der Waals surface area contributed by atoms with Crippen molar-refractivity contribution in [2.45, 2.75) is 11.4 Å². The Morgan fingerprint density at radius 1 is 1.19 bits per heavy atom. The van der Waals surface area contributed by atoms with Gasteiger partial charge in [0.05, 0.1) is 34.4 Å². The van der Waals surface area contributed by atoms with Gasteiger partial charge in [0.1, 0.15) is 12.3 Å². The van der Waals surface area contributed by atoms with Crippen LogP contribution in [0.1, 0.15) is 11.3 Å². The molecule has 0 bridgehead atoms. The van der Waals surface area contributed by atoms with Crippen LogP contribution >= 0.6 is 27.7 Å². The predicted octanol–water partition coefficient (Wildman–Crippen LogP) is 4.65. The van der Waals surface area contributed by atoms with Crippen LogP contribution in [0.3, 0.4) is 0 Å². The standard InChI is InChI=1S/C24H20BrN3O3S/c1-31-20-10-9-16(12-18(20)25)13-22-24(30)28(19-7-2-3-8-21(19)32-22)15-23(29)27-14-17-6-4-5-11-26-17/h2-13H,14-15H2,1H3,(H,27,29). The highest BCUT2D eigenvalue weighted by atomic mass is 79.9. The molecule has 4 rings (SSSR count). The Hall–Kier alpha value is -3.10. The summed E-state index contributed by atoms with van der Waals surface area (Å²) in [5.41, 5.74) is 2.34. The monoisotopic (exact) mass is 509 g/mol. The maximum atomic E-state index is 13.3. The molecular formula is C24H20BrN3O3S. The first-order valence-electron chi connectivity index (χ1n) is 9.86. The highest BCUT2D eigenvalue weighted by Crippen LogP contribution is 2.42. The van der Waals surface area contributed by atoms with Crippen molar-refractivity contribution in [2.75, 3.05) is 18.6 Å². The van der Waals surface area contributed by atoms with E-state index in [2.05, 4.69) is 26.2 Å². The zero-order chi connectivity index (χ0) is 22.5. The first-order valence-corrected chi connectivity index (χ1v) is 11.5. The van der Waals surface area contributed by atoms with Crippen LogP contribution in [0.4, 0.5) is 5.69 Å². The summed E-state index contributed by atoms with van der Waals surface area (Å²) in [5.74, 6) is 0.247. The van der Waals surface area contributed by atoms with E-state index in [0.29, 0.717) is 17.2 Å². The lowest BCUT2D eigenvalue weighted by atomic mass is 10.2. The molecule has 1 aromatic heterocycles. The number of methoxy groups -OCH3 is 1. The molecular weight excluding hydrogens is 490 g/mol. The van der Waals surface area contributed by atoms with Crippen molar-refractivity contribution in [3.63, 3.8) is 0 Å². The maximum absolute atomic E-state index is 13.3. The van der Waals surface area contributed by atoms with Gasteiger partial charge in [-0.1, -0.05) is 36.0 Å². The summed E-state index contributed by atoms with van der Waals surface area (Å²) in [7, 11) is 1.60. The average Bonchev–Trinajstić information content (AvgIpc) is 2.81. The van der Waals surface area contributed by atoms with Crippen molar-refractivity contribution in [1.29, 1.82) is 0 Å². The van der Waals surface area contributed by atoms with Crippen LogP contribution in [0.15, 0.2) is 81.1 Å². The van der Waals surface area contributed by atoms with Gasteiger partial charge >= 0.3 is 0 Å². The second kappa shape index (κ2) is 10.0. The van der Waals surface area contributed by atoms with Gasteiger partial charge in [-0.3, -0.25) is 19.5 Å². The van der Waals surface area contributed by atoms with Gasteiger partial charge in [-0.15, -0.1) is 0 Å². The first-order chi connectivity index (χ1) is 15.5. The van der Waals surface area contributed by atoms with Crippen LogP contribution in [-0.2, 0) is 16.1 Å². The highest BCUT2D eigenvalue weighted by Gasteiger charge is 2.30. The summed E-state index contributed by atoms with van der Waals surface area (Å²) >= 11 is 4.88. The molecule has 0 unspecified atom stereocenters. The number of thioether (sulfide) groups is 1. The van der Waals surface area contributed by atoms with E-state index in [-0.39, 0.29) is 18.4 Å². The van der Waals surface area contributed by atoms with E-state index in [4.69, 9.17) is 4.74 Å². The van der Waals surface area contributed by atoms with Crippen LogP contribution in [0, 0.1) is 0 Å². The van der Waals surface area contributed by atoms with E-state index in [1.165, 1.54) is 16.7 Å². The quantitative estimate of drug-likeness (QED) is 0.489. The van der Waals surface area contributed by atoms with Crippen LogP contribution in [0.2, 0.25) is 0 Å². The molecule has 162 valence electrons. The van der Waals surface area contributed by atoms with Crippen molar-refractivity contribution in [2.24, 2.45) is 0 Å². The number of ether oxygens (including phenoxy) is 1. The Labute approximate surface area is 198 Å². The van der Waals surface area contributed by atoms with Gasteiger partial charge in [0.15, 0.2) is 0 Å². The number of para-hydroxylation sites is 1. The first kappa shape index (κ1) is 22.1. The second-order valence-electron chi connectivity index (χ2n) is 6.96. The second-order valence-corrected chi connectivity index (χ2v) is 8.90. The van der Waals surface area contributed by atoms with Gasteiger partial charge in [0.2, 0.25) is 5.91 Å². The summed E-state index contributed by atoms with van der Waals surface area (Å²) in [6.45, 7) is 0.230. The number of fused-ring (bicyclic) bond motifs is 1. The number of amides is 2. The minimum atomic E-state index is -0.253. The zero-order valence-corrected chi connectivity index (χ0v) is 19.7. The molecule has 0 radical (unpaired) electrons. The van der Waals surface area contributed by atoms with Gasteiger partial charge in [-0.2, -0.15) is 0 Å². The third-order valence-corrected chi connectivity index (χ3v) is 6.50. The Morgan fingerprint density at radius 3 is 2.75 bits per heavy atom. The van der Waals surface area contributed by atoms with E-state index in [9.17, 15) is 9.59 Å². The van der Waals surface area contributed by atoms with E-state index >= 15 is 0 Å². The zero-order valence-electron chi connectivity index (χ0n) is 17.2. The summed E-state index contributed by atoms with van der Waals surface area (Å²) in [6.07, 6.45) is 3.50. The Balaban J connectivity index is 1.56. The number of carbonyl (C=O) groups is 2. The van der Waals surface area contributed by atoms with Crippen LogP contribution in [-0.4, -0.2) is 30.5 Å². The van der Waals surface area contributed by atoms with Crippen LogP contribution in [0.5, 0.6) is 5.75 Å². The minimum Gasteiger partial charge on any atom is -0.496 e. The Kier molecular flexibility index (Phi) is 6.92. The normalized spacial score (nSPS) is 14.2. The van der Waals surface area contributed by atoms with Gasteiger partial charge in [-0.25, -0.2) is 0 Å². The topological polar surface area (TPSA) is 71.5 Å². The molecule has 0 atom stereocenters. The van der Waals surface area contributed by atoms with Gasteiger partial charge in [-0.05, 0) is 64.0 Å². The van der Waals surface area contributed by atoms with Gasteiger partial charge in [0.25, 0.3) is 5.91 Å². The molecule has 2 aromatic carbocycles. The summed E-state index contributed by atoms with van der Waals surface area (Å²) in [6, 6.07) is 18.7. The smallest absolute Gasteiger partial charge is 0.265 e. The number of nitrogens with one attached hydrogen (secondary N) is 1. The molecule has 2 amide bonds. The fourth-order valence-electron chi connectivity index (χ4n) is 3.23. The van der Waals surface area contributed by atoms with Crippen molar-refractivity contribution in [3.8, 4) is 5.75 Å². The number of benzene rings is 2. The number of rotatable bonds is 6. The molecule has 0 fully saturated rings. The molecule has 0 spiro atoms. The van der Waals surface area contributed by atoms with E-state index < -0.39 is 0 Å². The number of pyridine rings is 1. The average molecular weight is 510 g/mol. The number of carbonyl (C=O) groups excluding carboxylic acids is 2. The Bertz CT molecular complexity index is 1180. The van der Waals surface area contributed by atoms with Crippen LogP contribution < -0.4 is 15.0 Å². The number of hydrogen-bond acceptors (Lipinski definition) is 5. The van der Waals surface area contributed by atoms with Crippen LogP contribution in [0.25, 0.3) is 6.08 Å². The summed E-state index contributed by atoms with van der Waals surface area (Å²) in [4.78, 5) is 33.1. The molecule has 1 N–H and O–H groups in total. The minimum absolute atomic E-state index is 0.0765. The number of nitrogens with zero attached hydrogens (tertiary/aromatic N) is 2. The number of hydrogen-bond donors (Lipinski definition) is 1. The predicted molar refractivity (Wildman–Crippen MR) is 129 cm³/mol. The third-order valence-electron chi connectivity index (χ3n) is 4.80. The largest absolute Gasteiger partial charge is 0.496 e. The molecule has 0 saturated carbocycles. The number of aromatic nitrogens is 1. The number of halogens is 1. The third kappa shape index (κ3) is 5.03. The summed E-state index contributed by atoms with van der Waals surface area (Å²) < 4.78 is 6.08.